The number of pyridine rings is 1. The molecule has 2 N–H and O–H groups in total. The Kier molecular flexibility index (Phi) is 10.3. The fourth-order valence-corrected chi connectivity index (χ4v) is 2.14. The largest absolute Gasteiger partial charge is 0.469 e. The predicted molar refractivity (Wildman–Crippen MR) is 114 cm³/mol. The summed E-state index contributed by atoms with van der Waals surface area (Å²) in [6.45, 7) is 7.95. The van der Waals surface area contributed by atoms with Crippen molar-refractivity contribution in [2.24, 2.45) is 4.99 Å². The van der Waals surface area contributed by atoms with Crippen molar-refractivity contribution in [3.63, 3.8) is 0 Å². The minimum Gasteiger partial charge on any atom is -0.469 e. The molecule has 0 unspecified atom stereocenters. The highest BCUT2D eigenvalue weighted by Gasteiger charge is 2.01. The summed E-state index contributed by atoms with van der Waals surface area (Å²) in [5.41, 5.74) is 2.14. The number of hydrogen-bond acceptors (Lipinski definition) is 3. The van der Waals surface area contributed by atoms with Crippen LogP contribution in [-0.2, 0) is 12.8 Å². The van der Waals surface area contributed by atoms with Crippen LogP contribution in [0, 0.1) is 0 Å². The summed E-state index contributed by atoms with van der Waals surface area (Å²) in [6.07, 6.45) is 5.13. The Labute approximate surface area is 171 Å². The summed E-state index contributed by atoms with van der Waals surface area (Å²) in [6, 6.07) is 7.64. The Bertz CT molecular complexity index is 656. The van der Waals surface area contributed by atoms with E-state index in [4.69, 9.17) is 16.0 Å². The van der Waals surface area contributed by atoms with Crippen LogP contribution in [0.4, 0.5) is 0 Å². The van der Waals surface area contributed by atoms with Crippen LogP contribution in [0.25, 0.3) is 0 Å². The molecule has 0 bridgehead atoms. The normalized spacial score (nSPS) is 10.9. The molecule has 136 valence electrons. The van der Waals surface area contributed by atoms with Gasteiger partial charge in [-0.25, -0.2) is 9.98 Å². The fraction of sp³-hybridized carbons (Fsp3) is 0.333. The van der Waals surface area contributed by atoms with Gasteiger partial charge < -0.3 is 15.1 Å². The van der Waals surface area contributed by atoms with E-state index in [0.29, 0.717) is 11.7 Å². The van der Waals surface area contributed by atoms with Crippen molar-refractivity contribution in [3.8, 4) is 0 Å². The molecule has 0 aromatic carbocycles. The van der Waals surface area contributed by atoms with Crippen LogP contribution in [0.1, 0.15) is 18.2 Å². The molecule has 5 nitrogen and oxygen atoms in total. The molecule has 2 heterocycles. The first kappa shape index (κ1) is 21.5. The summed E-state index contributed by atoms with van der Waals surface area (Å²) in [5, 5.41) is 7.14. The SMILES string of the molecule is C=C(C)CN=C(NCCc1ccc(Cl)nc1)NCCc1ccco1.I. The number of rotatable bonds is 8. The van der Waals surface area contributed by atoms with Gasteiger partial charge in [0.2, 0.25) is 0 Å². The third-order valence-electron chi connectivity index (χ3n) is 3.25. The Balaban J connectivity index is 0.00000312. The number of aliphatic imine (C=N–C) groups is 1. The van der Waals surface area contributed by atoms with E-state index in [2.05, 4.69) is 27.2 Å². The topological polar surface area (TPSA) is 62.5 Å². The minimum absolute atomic E-state index is 0. The molecule has 0 aliphatic rings. The molecule has 7 heteroatoms. The maximum absolute atomic E-state index is 5.79. The fourth-order valence-electron chi connectivity index (χ4n) is 2.03. The van der Waals surface area contributed by atoms with Crippen molar-refractivity contribution >= 4 is 41.5 Å². The number of halogens is 2. The molecular formula is C18H24ClIN4O. The number of hydrogen-bond donors (Lipinski definition) is 2. The molecule has 0 spiro atoms. The van der Waals surface area contributed by atoms with Crippen molar-refractivity contribution < 1.29 is 4.42 Å². The molecule has 0 saturated heterocycles. The molecule has 0 amide bonds. The zero-order chi connectivity index (χ0) is 17.2. The average Bonchev–Trinajstić information content (AvgIpc) is 3.07. The molecule has 0 radical (unpaired) electrons. The Hall–Kier alpha value is -1.54. The van der Waals surface area contributed by atoms with E-state index in [9.17, 15) is 0 Å². The Morgan fingerprint density at radius 3 is 2.60 bits per heavy atom. The van der Waals surface area contributed by atoms with E-state index < -0.39 is 0 Å². The van der Waals surface area contributed by atoms with Gasteiger partial charge in [-0.2, -0.15) is 0 Å². The second-order valence-corrected chi connectivity index (χ2v) is 5.93. The minimum atomic E-state index is 0. The Morgan fingerprint density at radius 2 is 2.00 bits per heavy atom. The lowest BCUT2D eigenvalue weighted by Crippen LogP contribution is -2.39. The average molecular weight is 475 g/mol. The van der Waals surface area contributed by atoms with Crippen molar-refractivity contribution in [2.75, 3.05) is 19.6 Å². The molecule has 2 aromatic rings. The summed E-state index contributed by atoms with van der Waals surface area (Å²) >= 11 is 5.79. The number of nitrogens with one attached hydrogen (secondary N) is 2. The van der Waals surface area contributed by atoms with Gasteiger partial charge >= 0.3 is 0 Å². The smallest absolute Gasteiger partial charge is 0.191 e. The zero-order valence-corrected chi connectivity index (χ0v) is 17.4. The first-order valence-electron chi connectivity index (χ1n) is 7.93. The van der Waals surface area contributed by atoms with Crippen molar-refractivity contribution in [2.45, 2.75) is 19.8 Å². The van der Waals surface area contributed by atoms with Crippen LogP contribution in [0.2, 0.25) is 5.15 Å². The summed E-state index contributed by atoms with van der Waals surface area (Å²) in [7, 11) is 0. The van der Waals surface area contributed by atoms with Crippen molar-refractivity contribution in [1.29, 1.82) is 0 Å². The highest BCUT2D eigenvalue weighted by atomic mass is 127. The number of furan rings is 1. The van der Waals surface area contributed by atoms with Crippen LogP contribution in [0.5, 0.6) is 0 Å². The van der Waals surface area contributed by atoms with Crippen LogP contribution in [0.15, 0.2) is 58.3 Å². The van der Waals surface area contributed by atoms with E-state index in [0.717, 1.165) is 48.8 Å². The summed E-state index contributed by atoms with van der Waals surface area (Å²) in [5.74, 6) is 1.72. The third-order valence-corrected chi connectivity index (χ3v) is 3.47. The first-order chi connectivity index (χ1) is 11.6. The summed E-state index contributed by atoms with van der Waals surface area (Å²) in [4.78, 5) is 8.60. The maximum Gasteiger partial charge on any atom is 0.191 e. The third kappa shape index (κ3) is 8.92. The van der Waals surface area contributed by atoms with Crippen LogP contribution >= 0.6 is 35.6 Å². The van der Waals surface area contributed by atoms with E-state index in [1.165, 1.54) is 0 Å². The summed E-state index contributed by atoms with van der Waals surface area (Å²) < 4.78 is 5.33. The number of nitrogens with zero attached hydrogens (tertiary/aromatic N) is 2. The van der Waals surface area contributed by atoms with Gasteiger partial charge in [-0.1, -0.05) is 29.8 Å². The van der Waals surface area contributed by atoms with Gasteiger partial charge in [0.1, 0.15) is 10.9 Å². The second-order valence-electron chi connectivity index (χ2n) is 5.54. The maximum atomic E-state index is 5.79. The van der Waals surface area contributed by atoms with Gasteiger partial charge in [0, 0.05) is 25.7 Å². The quantitative estimate of drug-likeness (QED) is 0.201. The lowest BCUT2D eigenvalue weighted by atomic mass is 10.2. The molecule has 25 heavy (non-hydrogen) atoms. The van der Waals surface area contributed by atoms with Gasteiger partial charge in [-0.15, -0.1) is 24.0 Å². The highest BCUT2D eigenvalue weighted by Crippen LogP contribution is 2.05. The molecule has 0 atom stereocenters. The second kappa shape index (κ2) is 11.9. The predicted octanol–water partition coefficient (Wildman–Crippen LogP) is 3.84. The lowest BCUT2D eigenvalue weighted by Gasteiger charge is -2.12. The van der Waals surface area contributed by atoms with Gasteiger partial charge in [0.25, 0.3) is 0 Å². The molecular weight excluding hydrogens is 451 g/mol. The molecule has 0 aliphatic carbocycles. The molecule has 0 saturated carbocycles. The number of aromatic nitrogens is 1. The molecule has 2 aromatic heterocycles. The standard InChI is InChI=1S/C18H23ClN4O.HI/c1-14(2)12-23-18(21-10-8-16-4-3-11-24-16)20-9-7-15-5-6-17(19)22-13-15;/h3-6,11,13H,1,7-10,12H2,2H3,(H2,20,21,23);1H. The van der Waals surface area contributed by atoms with Gasteiger partial charge in [0.15, 0.2) is 5.96 Å². The lowest BCUT2D eigenvalue weighted by molar-refractivity contribution is 0.507. The highest BCUT2D eigenvalue weighted by molar-refractivity contribution is 14.0. The van der Waals surface area contributed by atoms with E-state index in [1.807, 2.05) is 25.1 Å². The van der Waals surface area contributed by atoms with Crippen LogP contribution in [-0.4, -0.2) is 30.6 Å². The van der Waals surface area contributed by atoms with E-state index >= 15 is 0 Å². The van der Waals surface area contributed by atoms with E-state index in [-0.39, 0.29) is 24.0 Å². The zero-order valence-electron chi connectivity index (χ0n) is 14.3. The monoisotopic (exact) mass is 474 g/mol. The van der Waals surface area contributed by atoms with Crippen LogP contribution in [0.3, 0.4) is 0 Å². The van der Waals surface area contributed by atoms with Gasteiger partial charge in [-0.05, 0) is 37.1 Å². The first-order valence-corrected chi connectivity index (χ1v) is 8.30. The Morgan fingerprint density at radius 1 is 1.24 bits per heavy atom. The molecule has 2 rings (SSSR count). The van der Waals surface area contributed by atoms with Crippen LogP contribution < -0.4 is 10.6 Å². The molecule has 0 fully saturated rings. The number of guanidine groups is 1. The van der Waals surface area contributed by atoms with Crippen molar-refractivity contribution in [1.82, 2.24) is 15.6 Å². The molecule has 0 aliphatic heterocycles. The van der Waals surface area contributed by atoms with Gasteiger partial charge in [-0.3, -0.25) is 0 Å². The van der Waals surface area contributed by atoms with Gasteiger partial charge in [0.05, 0.1) is 12.8 Å². The van der Waals surface area contributed by atoms with Crippen molar-refractivity contribution in [3.05, 3.63) is 65.4 Å². The van der Waals surface area contributed by atoms with E-state index in [1.54, 1.807) is 18.5 Å².